The molecule has 0 bridgehead atoms. The molecule has 4 nitrogen and oxygen atoms in total. The Kier molecular flexibility index (Phi) is 6.99. The fourth-order valence-corrected chi connectivity index (χ4v) is 3.73. The lowest BCUT2D eigenvalue weighted by molar-refractivity contribution is -0.131. The van der Waals surface area contributed by atoms with E-state index in [9.17, 15) is 4.79 Å². The van der Waals surface area contributed by atoms with Crippen molar-refractivity contribution in [3.8, 4) is 0 Å². The molecule has 2 aromatic heterocycles. The topological polar surface area (TPSA) is 46.1 Å². The van der Waals surface area contributed by atoms with Gasteiger partial charge in [-0.25, -0.2) is 9.97 Å². The van der Waals surface area contributed by atoms with Gasteiger partial charge < -0.3 is 4.90 Å². The molecule has 0 spiro atoms. The lowest BCUT2D eigenvalue weighted by Crippen LogP contribution is -2.30. The Hall–Kier alpha value is -1.66. The molecular weight excluding hydrogens is 338 g/mol. The van der Waals surface area contributed by atoms with Crippen LogP contribution in [-0.2, 0) is 17.8 Å². The number of hydrogen-bond acceptors (Lipinski definition) is 5. The zero-order chi connectivity index (χ0) is 17.5. The van der Waals surface area contributed by atoms with E-state index in [0.717, 1.165) is 22.1 Å². The van der Waals surface area contributed by atoms with E-state index in [1.165, 1.54) is 16.6 Å². The molecule has 0 saturated heterocycles. The van der Waals surface area contributed by atoms with Gasteiger partial charge in [0.1, 0.15) is 0 Å². The van der Waals surface area contributed by atoms with Gasteiger partial charge in [-0.05, 0) is 43.5 Å². The summed E-state index contributed by atoms with van der Waals surface area (Å²) in [5, 5.41) is 2.81. The standard InChI is InChI=1S/C18H23N3OS2/c1-5-10-21(12-15-7-6-11-24-15)17(22)9-8-16-13(2)19-18(23-4)20-14(16)3/h5-7,11H,1,8-10,12H2,2-4H3. The van der Waals surface area contributed by atoms with Crippen LogP contribution in [0.2, 0.25) is 0 Å². The fraction of sp³-hybridized carbons (Fsp3) is 0.389. The van der Waals surface area contributed by atoms with E-state index in [1.54, 1.807) is 17.4 Å². The highest BCUT2D eigenvalue weighted by atomic mass is 32.2. The minimum Gasteiger partial charge on any atom is -0.334 e. The van der Waals surface area contributed by atoms with Gasteiger partial charge in [-0.15, -0.1) is 17.9 Å². The smallest absolute Gasteiger partial charge is 0.223 e. The lowest BCUT2D eigenvalue weighted by atomic mass is 10.1. The SMILES string of the molecule is C=CCN(Cc1cccs1)C(=O)CCc1c(C)nc(SC)nc1C. The summed E-state index contributed by atoms with van der Waals surface area (Å²) >= 11 is 3.20. The summed E-state index contributed by atoms with van der Waals surface area (Å²) in [5.41, 5.74) is 3.01. The number of rotatable bonds is 8. The van der Waals surface area contributed by atoms with E-state index in [0.29, 0.717) is 25.9 Å². The normalized spacial score (nSPS) is 10.6. The van der Waals surface area contributed by atoms with E-state index >= 15 is 0 Å². The van der Waals surface area contributed by atoms with Gasteiger partial charge in [0, 0.05) is 29.2 Å². The molecular formula is C18H23N3OS2. The zero-order valence-electron chi connectivity index (χ0n) is 14.4. The molecule has 0 unspecified atom stereocenters. The van der Waals surface area contributed by atoms with E-state index in [-0.39, 0.29) is 5.91 Å². The number of hydrogen-bond donors (Lipinski definition) is 0. The molecule has 0 radical (unpaired) electrons. The molecule has 0 saturated carbocycles. The van der Waals surface area contributed by atoms with Gasteiger partial charge in [0.2, 0.25) is 5.91 Å². The Morgan fingerprint density at radius 1 is 1.38 bits per heavy atom. The second-order valence-electron chi connectivity index (χ2n) is 5.50. The monoisotopic (exact) mass is 361 g/mol. The molecule has 2 heterocycles. The first-order valence-corrected chi connectivity index (χ1v) is 9.94. The molecule has 1 amide bonds. The van der Waals surface area contributed by atoms with Gasteiger partial charge in [0.15, 0.2) is 5.16 Å². The minimum absolute atomic E-state index is 0.135. The summed E-state index contributed by atoms with van der Waals surface area (Å²) in [6, 6.07) is 4.06. The largest absolute Gasteiger partial charge is 0.334 e. The average molecular weight is 362 g/mol. The van der Waals surface area contributed by atoms with Crippen molar-refractivity contribution in [1.29, 1.82) is 0 Å². The average Bonchev–Trinajstić information content (AvgIpc) is 3.06. The maximum atomic E-state index is 12.6. The van der Waals surface area contributed by atoms with Gasteiger partial charge in [0.25, 0.3) is 0 Å². The molecule has 0 aliphatic rings. The first kappa shape index (κ1) is 18.7. The number of nitrogens with zero attached hydrogens (tertiary/aromatic N) is 3. The predicted octanol–water partition coefficient (Wildman–Crippen LogP) is 4.02. The Morgan fingerprint density at radius 2 is 2.08 bits per heavy atom. The Balaban J connectivity index is 2.03. The molecule has 0 aliphatic heterocycles. The molecule has 0 aromatic carbocycles. The lowest BCUT2D eigenvalue weighted by Gasteiger charge is -2.21. The molecule has 24 heavy (non-hydrogen) atoms. The zero-order valence-corrected chi connectivity index (χ0v) is 16.0. The fourth-order valence-electron chi connectivity index (χ4n) is 2.55. The first-order valence-electron chi connectivity index (χ1n) is 7.84. The van der Waals surface area contributed by atoms with Crippen molar-refractivity contribution >= 4 is 29.0 Å². The van der Waals surface area contributed by atoms with Crippen LogP contribution in [-0.4, -0.2) is 33.6 Å². The van der Waals surface area contributed by atoms with Crippen molar-refractivity contribution in [3.63, 3.8) is 0 Å². The van der Waals surface area contributed by atoms with Crippen LogP contribution in [0.25, 0.3) is 0 Å². The van der Waals surface area contributed by atoms with Crippen LogP contribution in [0.4, 0.5) is 0 Å². The van der Waals surface area contributed by atoms with Crippen molar-refractivity contribution in [2.45, 2.75) is 38.4 Å². The predicted molar refractivity (Wildman–Crippen MR) is 102 cm³/mol. The van der Waals surface area contributed by atoms with E-state index in [1.807, 2.05) is 36.4 Å². The third-order valence-corrected chi connectivity index (χ3v) is 5.21. The second kappa shape index (κ2) is 8.99. The van der Waals surface area contributed by atoms with Crippen LogP contribution in [0, 0.1) is 13.8 Å². The highest BCUT2D eigenvalue weighted by Gasteiger charge is 2.15. The van der Waals surface area contributed by atoms with Gasteiger partial charge in [-0.3, -0.25) is 4.79 Å². The third kappa shape index (κ3) is 4.92. The van der Waals surface area contributed by atoms with Gasteiger partial charge >= 0.3 is 0 Å². The quantitative estimate of drug-likeness (QED) is 0.405. The summed E-state index contributed by atoms with van der Waals surface area (Å²) in [5.74, 6) is 0.135. The van der Waals surface area contributed by atoms with Crippen LogP contribution in [0.1, 0.15) is 28.2 Å². The summed E-state index contributed by atoms with van der Waals surface area (Å²) in [6.07, 6.45) is 4.87. The van der Waals surface area contributed by atoms with Crippen LogP contribution in [0.15, 0.2) is 35.3 Å². The second-order valence-corrected chi connectivity index (χ2v) is 7.31. The molecule has 0 N–H and O–H groups in total. The van der Waals surface area contributed by atoms with Crippen LogP contribution < -0.4 is 0 Å². The van der Waals surface area contributed by atoms with Crippen LogP contribution >= 0.6 is 23.1 Å². The van der Waals surface area contributed by atoms with Crippen molar-refractivity contribution in [1.82, 2.24) is 14.9 Å². The molecule has 0 atom stereocenters. The van der Waals surface area contributed by atoms with Gasteiger partial charge in [-0.2, -0.15) is 0 Å². The molecule has 2 aromatic rings. The van der Waals surface area contributed by atoms with Crippen molar-refractivity contribution in [2.75, 3.05) is 12.8 Å². The summed E-state index contributed by atoms with van der Waals surface area (Å²) in [7, 11) is 0. The maximum Gasteiger partial charge on any atom is 0.223 e. The Labute approximate surface area is 152 Å². The Bertz CT molecular complexity index is 675. The number of thiophene rings is 1. The van der Waals surface area contributed by atoms with E-state index < -0.39 is 0 Å². The first-order chi connectivity index (χ1) is 11.5. The van der Waals surface area contributed by atoms with Crippen LogP contribution in [0.3, 0.4) is 0 Å². The maximum absolute atomic E-state index is 12.6. The Morgan fingerprint density at radius 3 is 2.62 bits per heavy atom. The minimum atomic E-state index is 0.135. The molecule has 128 valence electrons. The highest BCUT2D eigenvalue weighted by molar-refractivity contribution is 7.98. The van der Waals surface area contributed by atoms with E-state index in [4.69, 9.17) is 0 Å². The van der Waals surface area contributed by atoms with Gasteiger partial charge in [0.05, 0.1) is 6.54 Å². The number of amides is 1. The number of carbonyl (C=O) groups is 1. The number of carbonyl (C=O) groups excluding carboxylic acids is 1. The van der Waals surface area contributed by atoms with Gasteiger partial charge in [-0.1, -0.05) is 23.9 Å². The number of aryl methyl sites for hydroxylation is 2. The highest BCUT2D eigenvalue weighted by Crippen LogP contribution is 2.18. The van der Waals surface area contributed by atoms with E-state index in [2.05, 4.69) is 22.6 Å². The van der Waals surface area contributed by atoms with Crippen LogP contribution in [0.5, 0.6) is 0 Å². The summed E-state index contributed by atoms with van der Waals surface area (Å²) in [6.45, 7) is 8.95. The summed E-state index contributed by atoms with van der Waals surface area (Å²) < 4.78 is 0. The molecule has 0 fully saturated rings. The number of thioether (sulfide) groups is 1. The third-order valence-electron chi connectivity index (χ3n) is 3.80. The molecule has 2 rings (SSSR count). The van der Waals surface area contributed by atoms with Crippen molar-refractivity contribution in [2.24, 2.45) is 0 Å². The van der Waals surface area contributed by atoms with Crippen molar-refractivity contribution < 1.29 is 4.79 Å². The molecule has 6 heteroatoms. The number of aromatic nitrogens is 2. The molecule has 0 aliphatic carbocycles. The summed E-state index contributed by atoms with van der Waals surface area (Å²) in [4.78, 5) is 24.6. The van der Waals surface area contributed by atoms with Crippen molar-refractivity contribution in [3.05, 3.63) is 52.0 Å².